The van der Waals surface area contributed by atoms with Gasteiger partial charge in [0.15, 0.2) is 0 Å². The second-order valence-electron chi connectivity index (χ2n) is 6.68. The van der Waals surface area contributed by atoms with Gasteiger partial charge in [-0.2, -0.15) is 0 Å². The monoisotopic (exact) mass is 250 g/mol. The Morgan fingerprint density at radius 2 is 1.94 bits per heavy atom. The Bertz CT molecular complexity index is 318. The van der Waals surface area contributed by atoms with E-state index in [0.29, 0.717) is 24.4 Å². The molecule has 18 heavy (non-hydrogen) atoms. The van der Waals surface area contributed by atoms with Gasteiger partial charge in [-0.15, -0.1) is 0 Å². The number of hydrogen-bond acceptors (Lipinski definition) is 2. The molecule has 3 saturated carbocycles. The molecule has 3 aliphatic carbocycles. The first-order valence-electron chi connectivity index (χ1n) is 7.78. The van der Waals surface area contributed by atoms with Crippen LogP contribution in [-0.2, 0) is 4.79 Å². The number of fused-ring (bicyclic) bond motifs is 2. The van der Waals surface area contributed by atoms with Crippen LogP contribution in [0.25, 0.3) is 0 Å². The average molecular weight is 250 g/mol. The van der Waals surface area contributed by atoms with Crippen LogP contribution in [0.2, 0.25) is 0 Å². The lowest BCUT2D eigenvalue weighted by atomic mass is 9.78. The van der Waals surface area contributed by atoms with E-state index in [9.17, 15) is 4.79 Å². The van der Waals surface area contributed by atoms with Gasteiger partial charge in [0, 0.05) is 12.0 Å². The topological polar surface area (TPSA) is 55.1 Å². The molecule has 5 unspecified atom stereocenters. The number of nitrogens with two attached hydrogens (primary N) is 1. The van der Waals surface area contributed by atoms with E-state index in [1.54, 1.807) is 0 Å². The summed E-state index contributed by atoms with van der Waals surface area (Å²) in [5.41, 5.74) is 5.82. The Morgan fingerprint density at radius 1 is 1.11 bits per heavy atom. The second-order valence-corrected chi connectivity index (χ2v) is 6.68. The zero-order valence-electron chi connectivity index (χ0n) is 11.2. The number of rotatable bonds is 3. The van der Waals surface area contributed by atoms with Gasteiger partial charge in [-0.1, -0.05) is 19.3 Å². The van der Waals surface area contributed by atoms with Crippen molar-refractivity contribution in [1.82, 2.24) is 5.32 Å². The summed E-state index contributed by atoms with van der Waals surface area (Å²) >= 11 is 0. The molecule has 102 valence electrons. The molecule has 3 fully saturated rings. The molecule has 0 radical (unpaired) electrons. The third-order valence-electron chi connectivity index (χ3n) is 5.61. The van der Waals surface area contributed by atoms with Crippen molar-refractivity contribution in [2.45, 2.75) is 57.4 Å². The normalized spacial score (nSPS) is 43.1. The highest BCUT2D eigenvalue weighted by molar-refractivity contribution is 5.79. The van der Waals surface area contributed by atoms with Crippen LogP contribution in [0.1, 0.15) is 51.4 Å². The molecular formula is C15H26N2O. The molecular weight excluding hydrogens is 224 g/mol. The molecule has 0 aromatic heterocycles. The first-order chi connectivity index (χ1) is 8.78. The Morgan fingerprint density at radius 3 is 2.61 bits per heavy atom. The van der Waals surface area contributed by atoms with Gasteiger partial charge in [0.1, 0.15) is 0 Å². The molecule has 0 aromatic rings. The summed E-state index contributed by atoms with van der Waals surface area (Å²) < 4.78 is 0. The summed E-state index contributed by atoms with van der Waals surface area (Å²) in [5, 5.41) is 3.35. The van der Waals surface area contributed by atoms with Crippen molar-refractivity contribution in [2.24, 2.45) is 29.4 Å². The minimum atomic E-state index is 0.197. The quantitative estimate of drug-likeness (QED) is 0.805. The van der Waals surface area contributed by atoms with Crippen LogP contribution in [0.4, 0.5) is 0 Å². The summed E-state index contributed by atoms with van der Waals surface area (Å²) in [6.45, 7) is 0.675. The van der Waals surface area contributed by atoms with Crippen molar-refractivity contribution >= 4 is 5.91 Å². The summed E-state index contributed by atoms with van der Waals surface area (Å²) in [5.74, 6) is 2.61. The van der Waals surface area contributed by atoms with Gasteiger partial charge in [0.2, 0.25) is 5.91 Å². The van der Waals surface area contributed by atoms with Crippen LogP contribution in [0.5, 0.6) is 0 Å². The van der Waals surface area contributed by atoms with E-state index in [4.69, 9.17) is 5.73 Å². The fourth-order valence-electron chi connectivity index (χ4n) is 4.55. The van der Waals surface area contributed by atoms with E-state index in [-0.39, 0.29) is 5.92 Å². The molecule has 0 spiro atoms. The van der Waals surface area contributed by atoms with E-state index in [2.05, 4.69) is 5.32 Å². The highest BCUT2D eigenvalue weighted by atomic mass is 16.2. The number of carbonyl (C=O) groups is 1. The number of carbonyl (C=O) groups excluding carboxylic acids is 1. The Labute approximate surface area is 110 Å². The molecule has 2 bridgehead atoms. The standard InChI is InChI=1S/C15H26N2O/c16-9-12-3-1-2-4-13(12)15(18)17-14-8-10-5-6-11(14)7-10/h10-14H,1-9,16H2,(H,17,18). The zero-order chi connectivity index (χ0) is 12.5. The van der Waals surface area contributed by atoms with Gasteiger partial charge < -0.3 is 11.1 Å². The molecule has 3 nitrogen and oxygen atoms in total. The average Bonchev–Trinajstić information content (AvgIpc) is 3.01. The van der Waals surface area contributed by atoms with Gasteiger partial charge >= 0.3 is 0 Å². The molecule has 3 aliphatic rings. The second kappa shape index (κ2) is 5.20. The minimum Gasteiger partial charge on any atom is -0.353 e. The Kier molecular flexibility index (Phi) is 3.60. The largest absolute Gasteiger partial charge is 0.353 e. The van der Waals surface area contributed by atoms with Crippen LogP contribution in [-0.4, -0.2) is 18.5 Å². The van der Waals surface area contributed by atoms with Crippen LogP contribution in [0.15, 0.2) is 0 Å². The molecule has 3 heteroatoms. The van der Waals surface area contributed by atoms with Crippen molar-refractivity contribution in [1.29, 1.82) is 0 Å². The summed E-state index contributed by atoms with van der Waals surface area (Å²) in [4.78, 5) is 12.4. The third kappa shape index (κ3) is 2.29. The smallest absolute Gasteiger partial charge is 0.223 e. The summed E-state index contributed by atoms with van der Waals surface area (Å²) in [7, 11) is 0. The van der Waals surface area contributed by atoms with Crippen LogP contribution in [0.3, 0.4) is 0 Å². The van der Waals surface area contributed by atoms with Gasteiger partial charge in [-0.25, -0.2) is 0 Å². The van der Waals surface area contributed by atoms with Crippen molar-refractivity contribution in [3.05, 3.63) is 0 Å². The lowest BCUT2D eigenvalue weighted by Crippen LogP contribution is -2.45. The SMILES string of the molecule is NCC1CCCCC1C(=O)NC1CC2CCC1C2. The van der Waals surface area contributed by atoms with Crippen LogP contribution >= 0.6 is 0 Å². The highest BCUT2D eigenvalue weighted by Gasteiger charge is 2.41. The number of amides is 1. The summed E-state index contributed by atoms with van der Waals surface area (Å²) in [6.07, 6.45) is 9.96. The Balaban J connectivity index is 1.57. The van der Waals surface area contributed by atoms with E-state index in [1.807, 2.05) is 0 Å². The number of hydrogen-bond donors (Lipinski definition) is 2. The highest BCUT2D eigenvalue weighted by Crippen LogP contribution is 2.44. The fourth-order valence-corrected chi connectivity index (χ4v) is 4.55. The maximum Gasteiger partial charge on any atom is 0.223 e. The lowest BCUT2D eigenvalue weighted by Gasteiger charge is -2.32. The van der Waals surface area contributed by atoms with E-state index >= 15 is 0 Å². The predicted molar refractivity (Wildman–Crippen MR) is 71.9 cm³/mol. The van der Waals surface area contributed by atoms with Gasteiger partial charge in [0.25, 0.3) is 0 Å². The van der Waals surface area contributed by atoms with Gasteiger partial charge in [-0.3, -0.25) is 4.79 Å². The van der Waals surface area contributed by atoms with E-state index < -0.39 is 0 Å². The maximum atomic E-state index is 12.4. The van der Waals surface area contributed by atoms with Gasteiger partial charge in [-0.05, 0) is 56.4 Å². The fraction of sp³-hybridized carbons (Fsp3) is 0.933. The Hall–Kier alpha value is -0.570. The van der Waals surface area contributed by atoms with E-state index in [1.165, 1.54) is 38.5 Å². The number of nitrogens with one attached hydrogen (secondary N) is 1. The first-order valence-corrected chi connectivity index (χ1v) is 7.78. The third-order valence-corrected chi connectivity index (χ3v) is 5.61. The maximum absolute atomic E-state index is 12.4. The first kappa shape index (κ1) is 12.5. The van der Waals surface area contributed by atoms with Crippen LogP contribution in [0, 0.1) is 23.7 Å². The predicted octanol–water partition coefficient (Wildman–Crippen LogP) is 2.06. The molecule has 3 rings (SSSR count). The molecule has 0 aromatic carbocycles. The molecule has 0 heterocycles. The molecule has 5 atom stereocenters. The van der Waals surface area contributed by atoms with Crippen molar-refractivity contribution < 1.29 is 4.79 Å². The molecule has 0 saturated heterocycles. The van der Waals surface area contributed by atoms with Gasteiger partial charge in [0.05, 0.1) is 0 Å². The molecule has 3 N–H and O–H groups in total. The zero-order valence-corrected chi connectivity index (χ0v) is 11.2. The minimum absolute atomic E-state index is 0.197. The van der Waals surface area contributed by atoms with Crippen molar-refractivity contribution in [3.63, 3.8) is 0 Å². The molecule has 1 amide bonds. The lowest BCUT2D eigenvalue weighted by molar-refractivity contribution is -0.128. The van der Waals surface area contributed by atoms with Crippen molar-refractivity contribution in [3.8, 4) is 0 Å². The van der Waals surface area contributed by atoms with Crippen molar-refractivity contribution in [2.75, 3.05) is 6.54 Å². The van der Waals surface area contributed by atoms with E-state index in [0.717, 1.165) is 24.7 Å². The van der Waals surface area contributed by atoms with Crippen LogP contribution < -0.4 is 11.1 Å². The molecule has 0 aliphatic heterocycles. The summed E-state index contributed by atoms with van der Waals surface area (Å²) in [6, 6.07) is 0.483.